The molecule has 0 atom stereocenters. The van der Waals surface area contributed by atoms with Gasteiger partial charge in [0, 0.05) is 11.3 Å². The summed E-state index contributed by atoms with van der Waals surface area (Å²) in [6, 6.07) is 5.85. The zero-order valence-corrected chi connectivity index (χ0v) is 9.93. The number of aryl methyl sites for hydroxylation is 2. The van der Waals surface area contributed by atoms with E-state index < -0.39 is 0 Å². The van der Waals surface area contributed by atoms with Crippen LogP contribution in [0.1, 0.15) is 21.5 Å². The third-order valence-electron chi connectivity index (χ3n) is 2.15. The summed E-state index contributed by atoms with van der Waals surface area (Å²) in [6.07, 6.45) is 0. The highest BCUT2D eigenvalue weighted by molar-refractivity contribution is 8.00. The molecule has 0 aliphatic rings. The summed E-state index contributed by atoms with van der Waals surface area (Å²) in [5.74, 6) is 1.21. The van der Waals surface area contributed by atoms with Crippen molar-refractivity contribution in [2.75, 3.05) is 18.1 Å². The van der Waals surface area contributed by atoms with Gasteiger partial charge < -0.3 is 5.11 Å². The van der Waals surface area contributed by atoms with Crippen molar-refractivity contribution in [3.63, 3.8) is 0 Å². The molecule has 15 heavy (non-hydrogen) atoms. The first-order valence-electron chi connectivity index (χ1n) is 4.94. The van der Waals surface area contributed by atoms with E-state index in [4.69, 9.17) is 5.11 Å². The molecule has 1 N–H and O–H groups in total. The van der Waals surface area contributed by atoms with E-state index in [9.17, 15) is 4.79 Å². The molecule has 0 bridgehead atoms. The summed E-state index contributed by atoms with van der Waals surface area (Å²) in [6.45, 7) is 4.10. The van der Waals surface area contributed by atoms with Crippen molar-refractivity contribution in [2.45, 2.75) is 13.8 Å². The highest BCUT2D eigenvalue weighted by Crippen LogP contribution is 2.13. The van der Waals surface area contributed by atoms with Gasteiger partial charge in [-0.2, -0.15) is 11.8 Å². The second-order valence-electron chi connectivity index (χ2n) is 3.52. The van der Waals surface area contributed by atoms with Gasteiger partial charge in [-0.1, -0.05) is 23.8 Å². The lowest BCUT2D eigenvalue weighted by Gasteiger charge is -2.05. The number of ketones is 1. The van der Waals surface area contributed by atoms with Crippen molar-refractivity contribution in [3.8, 4) is 0 Å². The van der Waals surface area contributed by atoms with Crippen LogP contribution in [0.5, 0.6) is 0 Å². The fourth-order valence-corrected chi connectivity index (χ4v) is 2.05. The normalized spacial score (nSPS) is 10.3. The highest BCUT2D eigenvalue weighted by Gasteiger charge is 2.08. The van der Waals surface area contributed by atoms with E-state index in [0.29, 0.717) is 11.5 Å². The highest BCUT2D eigenvalue weighted by atomic mass is 32.2. The molecule has 0 unspecified atom stereocenters. The monoisotopic (exact) mass is 224 g/mol. The summed E-state index contributed by atoms with van der Waals surface area (Å²) >= 11 is 1.47. The van der Waals surface area contributed by atoms with E-state index in [0.717, 1.165) is 11.1 Å². The molecule has 82 valence electrons. The summed E-state index contributed by atoms with van der Waals surface area (Å²) in [7, 11) is 0. The molecule has 0 aliphatic carbocycles. The molecule has 0 aliphatic heterocycles. The number of hydrogen-bond acceptors (Lipinski definition) is 3. The zero-order chi connectivity index (χ0) is 11.3. The van der Waals surface area contributed by atoms with E-state index in [1.165, 1.54) is 17.3 Å². The summed E-state index contributed by atoms with van der Waals surface area (Å²) in [4.78, 5) is 11.7. The summed E-state index contributed by atoms with van der Waals surface area (Å²) in [5.41, 5.74) is 3.00. The summed E-state index contributed by atoms with van der Waals surface area (Å²) < 4.78 is 0. The van der Waals surface area contributed by atoms with Crippen LogP contribution in [-0.2, 0) is 0 Å². The molecule has 0 amide bonds. The number of benzene rings is 1. The van der Waals surface area contributed by atoms with Crippen LogP contribution >= 0.6 is 11.8 Å². The average Bonchev–Trinajstić information content (AvgIpc) is 2.17. The van der Waals surface area contributed by atoms with Crippen LogP contribution in [0.4, 0.5) is 0 Å². The van der Waals surface area contributed by atoms with Crippen LogP contribution in [-0.4, -0.2) is 29.0 Å². The number of carbonyl (C=O) groups is 1. The van der Waals surface area contributed by atoms with Crippen LogP contribution in [0.25, 0.3) is 0 Å². The van der Waals surface area contributed by atoms with Gasteiger partial charge in [-0.25, -0.2) is 0 Å². The zero-order valence-electron chi connectivity index (χ0n) is 9.12. The fraction of sp³-hybridized carbons (Fsp3) is 0.417. The number of Topliss-reactive ketones (excluding diaryl/α,β-unsaturated/α-hetero) is 1. The lowest BCUT2D eigenvalue weighted by Crippen LogP contribution is -2.06. The first-order valence-corrected chi connectivity index (χ1v) is 6.09. The van der Waals surface area contributed by atoms with E-state index in [2.05, 4.69) is 0 Å². The van der Waals surface area contributed by atoms with Gasteiger partial charge in [0.2, 0.25) is 0 Å². The van der Waals surface area contributed by atoms with Crippen LogP contribution < -0.4 is 0 Å². The van der Waals surface area contributed by atoms with Gasteiger partial charge in [-0.15, -0.1) is 0 Å². The SMILES string of the molecule is Cc1ccc(C(=O)CSCCO)c(C)c1. The first-order chi connectivity index (χ1) is 7.15. The van der Waals surface area contributed by atoms with Crippen LogP contribution in [0.3, 0.4) is 0 Å². The molecular weight excluding hydrogens is 208 g/mol. The fourth-order valence-electron chi connectivity index (χ4n) is 1.43. The molecule has 0 saturated heterocycles. The van der Waals surface area contributed by atoms with E-state index in [1.54, 1.807) is 0 Å². The topological polar surface area (TPSA) is 37.3 Å². The Bertz CT molecular complexity index is 347. The molecule has 0 spiro atoms. The minimum Gasteiger partial charge on any atom is -0.396 e. The minimum absolute atomic E-state index is 0.130. The number of aliphatic hydroxyl groups excluding tert-OH is 1. The largest absolute Gasteiger partial charge is 0.396 e. The predicted octanol–water partition coefficient (Wildman–Crippen LogP) is 2.21. The molecule has 0 saturated carbocycles. The Balaban J connectivity index is 2.65. The lowest BCUT2D eigenvalue weighted by atomic mass is 10.0. The Labute approximate surface area is 94.7 Å². The van der Waals surface area contributed by atoms with E-state index in [1.807, 2.05) is 32.0 Å². The Morgan fingerprint density at radius 1 is 1.40 bits per heavy atom. The van der Waals surface area contributed by atoms with Crippen LogP contribution in [0.15, 0.2) is 18.2 Å². The molecule has 0 fully saturated rings. The maximum absolute atomic E-state index is 11.7. The van der Waals surface area contributed by atoms with Gasteiger partial charge in [-0.05, 0) is 19.4 Å². The second-order valence-corrected chi connectivity index (χ2v) is 4.62. The number of thioether (sulfide) groups is 1. The minimum atomic E-state index is 0.130. The number of aliphatic hydroxyl groups is 1. The Morgan fingerprint density at radius 2 is 2.13 bits per heavy atom. The standard InChI is InChI=1S/C12H16O2S/c1-9-3-4-11(10(2)7-9)12(14)8-15-6-5-13/h3-4,7,13H,5-6,8H2,1-2H3. The quantitative estimate of drug-likeness (QED) is 0.615. The van der Waals surface area contributed by atoms with Crippen LogP contribution in [0, 0.1) is 13.8 Å². The molecule has 0 radical (unpaired) electrons. The van der Waals surface area contributed by atoms with Crippen molar-refractivity contribution in [1.82, 2.24) is 0 Å². The van der Waals surface area contributed by atoms with Crippen LogP contribution in [0.2, 0.25) is 0 Å². The molecule has 2 nitrogen and oxygen atoms in total. The van der Waals surface area contributed by atoms with Crippen molar-refractivity contribution in [3.05, 3.63) is 34.9 Å². The smallest absolute Gasteiger partial charge is 0.172 e. The van der Waals surface area contributed by atoms with E-state index in [-0.39, 0.29) is 12.4 Å². The second kappa shape index (κ2) is 5.93. The van der Waals surface area contributed by atoms with Gasteiger partial charge in [0.1, 0.15) is 0 Å². The van der Waals surface area contributed by atoms with Crippen molar-refractivity contribution in [1.29, 1.82) is 0 Å². The Kier molecular flexibility index (Phi) is 4.85. The first kappa shape index (κ1) is 12.3. The third kappa shape index (κ3) is 3.68. The van der Waals surface area contributed by atoms with E-state index >= 15 is 0 Å². The third-order valence-corrected chi connectivity index (χ3v) is 3.09. The van der Waals surface area contributed by atoms with Gasteiger partial charge in [0.15, 0.2) is 5.78 Å². The van der Waals surface area contributed by atoms with Gasteiger partial charge >= 0.3 is 0 Å². The maximum atomic E-state index is 11.7. The molecular formula is C12H16O2S. The molecule has 0 heterocycles. The van der Waals surface area contributed by atoms with Gasteiger partial charge in [0.05, 0.1) is 12.4 Å². The lowest BCUT2D eigenvalue weighted by molar-refractivity contribution is 0.102. The van der Waals surface area contributed by atoms with Crippen molar-refractivity contribution < 1.29 is 9.90 Å². The van der Waals surface area contributed by atoms with Crippen molar-refractivity contribution >= 4 is 17.5 Å². The average molecular weight is 224 g/mol. The van der Waals surface area contributed by atoms with Gasteiger partial charge in [0.25, 0.3) is 0 Å². The Hall–Kier alpha value is -0.800. The molecule has 0 aromatic heterocycles. The maximum Gasteiger partial charge on any atom is 0.172 e. The number of rotatable bonds is 5. The summed E-state index contributed by atoms with van der Waals surface area (Å²) in [5, 5.41) is 8.61. The van der Waals surface area contributed by atoms with Crippen molar-refractivity contribution in [2.24, 2.45) is 0 Å². The predicted molar refractivity (Wildman–Crippen MR) is 64.7 cm³/mol. The Morgan fingerprint density at radius 3 is 2.73 bits per heavy atom. The molecule has 1 rings (SSSR count). The molecule has 1 aromatic carbocycles. The van der Waals surface area contributed by atoms with Gasteiger partial charge in [-0.3, -0.25) is 4.79 Å². The molecule has 1 aromatic rings. The number of hydrogen-bond donors (Lipinski definition) is 1. The number of carbonyl (C=O) groups excluding carboxylic acids is 1. The molecule has 3 heteroatoms.